The number of carbonyl (C=O) groups is 1. The number of aromatic nitrogens is 2. The van der Waals surface area contributed by atoms with Crippen LogP contribution >= 0.6 is 0 Å². The van der Waals surface area contributed by atoms with E-state index < -0.39 is 5.60 Å². The van der Waals surface area contributed by atoms with Crippen LogP contribution in [0.3, 0.4) is 0 Å². The number of rotatable bonds is 5. The minimum atomic E-state index is -0.495. The summed E-state index contributed by atoms with van der Waals surface area (Å²) < 4.78 is 16.8. The Morgan fingerprint density at radius 1 is 1.10 bits per heavy atom. The second-order valence-electron chi connectivity index (χ2n) is 8.02. The van der Waals surface area contributed by atoms with Crippen molar-refractivity contribution in [3.05, 3.63) is 18.5 Å². The van der Waals surface area contributed by atoms with Crippen molar-refractivity contribution in [2.75, 3.05) is 44.8 Å². The van der Waals surface area contributed by atoms with Gasteiger partial charge in [-0.2, -0.15) is 0 Å². The molecule has 0 saturated carbocycles. The maximum absolute atomic E-state index is 12.3. The highest BCUT2D eigenvalue weighted by Crippen LogP contribution is 2.35. The first-order valence-electron chi connectivity index (χ1n) is 10.0. The maximum Gasteiger partial charge on any atom is 0.410 e. The van der Waals surface area contributed by atoms with Crippen LogP contribution in [0.2, 0.25) is 0 Å². The van der Waals surface area contributed by atoms with E-state index in [4.69, 9.17) is 14.2 Å². The Hall–Kier alpha value is -2.77. The summed E-state index contributed by atoms with van der Waals surface area (Å²) in [6.07, 6.45) is 2.20. The van der Waals surface area contributed by atoms with E-state index in [0.717, 1.165) is 23.1 Å². The van der Waals surface area contributed by atoms with E-state index in [0.29, 0.717) is 44.3 Å². The first-order valence-corrected chi connectivity index (χ1v) is 10.0. The Balaban J connectivity index is 1.79. The van der Waals surface area contributed by atoms with Crippen molar-refractivity contribution in [1.29, 1.82) is 0 Å². The summed E-state index contributed by atoms with van der Waals surface area (Å²) in [7, 11) is 1.63. The van der Waals surface area contributed by atoms with E-state index in [1.54, 1.807) is 18.3 Å². The molecule has 0 unspecified atom stereocenters. The van der Waals surface area contributed by atoms with E-state index in [9.17, 15) is 4.79 Å². The molecule has 0 atom stereocenters. The molecule has 1 aliphatic rings. The molecule has 8 heteroatoms. The van der Waals surface area contributed by atoms with E-state index in [1.807, 2.05) is 32.9 Å². The lowest BCUT2D eigenvalue weighted by molar-refractivity contribution is 0.0240. The Labute approximate surface area is 171 Å². The van der Waals surface area contributed by atoms with Crippen molar-refractivity contribution in [2.24, 2.45) is 0 Å². The van der Waals surface area contributed by atoms with Crippen LogP contribution < -0.4 is 14.4 Å². The van der Waals surface area contributed by atoms with E-state index in [-0.39, 0.29) is 6.09 Å². The predicted molar refractivity (Wildman–Crippen MR) is 112 cm³/mol. The van der Waals surface area contributed by atoms with Crippen LogP contribution in [0.5, 0.6) is 11.5 Å². The highest BCUT2D eigenvalue weighted by atomic mass is 16.6. The van der Waals surface area contributed by atoms with Gasteiger partial charge >= 0.3 is 6.09 Å². The molecule has 1 amide bonds. The molecule has 0 aliphatic carbocycles. The van der Waals surface area contributed by atoms with Gasteiger partial charge in [0.2, 0.25) is 0 Å². The number of hydrogen-bond acceptors (Lipinski definition) is 7. The third-order valence-electron chi connectivity index (χ3n) is 4.59. The molecular weight excluding hydrogens is 372 g/mol. The molecular formula is C21H30N4O4. The van der Waals surface area contributed by atoms with E-state index in [1.165, 1.54) is 0 Å². The van der Waals surface area contributed by atoms with Crippen LogP contribution in [-0.4, -0.2) is 66.5 Å². The smallest absolute Gasteiger partial charge is 0.410 e. The summed E-state index contributed by atoms with van der Waals surface area (Å²) in [5.41, 5.74) is 0.307. The number of methoxy groups -OCH3 is 1. The van der Waals surface area contributed by atoms with Crippen molar-refractivity contribution in [3.8, 4) is 11.5 Å². The number of anilines is 1. The molecule has 2 aromatic rings. The van der Waals surface area contributed by atoms with Gasteiger partial charge in [0.05, 0.1) is 19.2 Å². The van der Waals surface area contributed by atoms with Crippen LogP contribution in [0.1, 0.15) is 34.1 Å². The average Bonchev–Trinajstić information content (AvgIpc) is 2.69. The first-order chi connectivity index (χ1) is 13.8. The number of piperazine rings is 1. The maximum atomic E-state index is 12.3. The molecule has 158 valence electrons. The fourth-order valence-electron chi connectivity index (χ4n) is 3.21. The Morgan fingerprint density at radius 2 is 1.83 bits per heavy atom. The van der Waals surface area contributed by atoms with Crippen LogP contribution in [0.15, 0.2) is 18.5 Å². The van der Waals surface area contributed by atoms with Crippen LogP contribution in [0, 0.1) is 0 Å². The molecule has 29 heavy (non-hydrogen) atoms. The van der Waals surface area contributed by atoms with Crippen LogP contribution in [0.4, 0.5) is 10.6 Å². The van der Waals surface area contributed by atoms with Crippen molar-refractivity contribution >= 4 is 22.8 Å². The minimum absolute atomic E-state index is 0.274. The number of nitrogens with zero attached hydrogens (tertiary/aromatic N) is 4. The van der Waals surface area contributed by atoms with Crippen molar-refractivity contribution in [2.45, 2.75) is 39.7 Å². The molecule has 3 rings (SSSR count). The molecule has 1 aromatic heterocycles. The number of ether oxygens (including phenoxy) is 3. The van der Waals surface area contributed by atoms with Gasteiger partial charge in [-0.3, -0.25) is 0 Å². The third kappa shape index (κ3) is 4.99. The number of benzene rings is 1. The number of carbonyl (C=O) groups excluding carboxylic acids is 1. The number of amides is 1. The second kappa shape index (κ2) is 8.71. The molecule has 0 N–H and O–H groups in total. The van der Waals surface area contributed by atoms with Gasteiger partial charge < -0.3 is 24.0 Å². The third-order valence-corrected chi connectivity index (χ3v) is 4.59. The normalized spacial score (nSPS) is 14.8. The molecule has 0 radical (unpaired) electrons. The monoisotopic (exact) mass is 402 g/mol. The summed E-state index contributed by atoms with van der Waals surface area (Å²) in [5.74, 6) is 2.18. The standard InChI is InChI=1S/C21H30N4O4/c1-6-11-28-18-13-16-15(12-17(18)27-5)19(23-14-22-16)24-7-9-25(10-8-24)20(26)29-21(2,3)4/h12-14H,6-11H2,1-5H3. The molecule has 1 aromatic carbocycles. The molecule has 1 fully saturated rings. The number of fused-ring (bicyclic) bond motifs is 1. The van der Waals surface area contributed by atoms with Gasteiger partial charge in [-0.15, -0.1) is 0 Å². The first kappa shape index (κ1) is 21.0. The van der Waals surface area contributed by atoms with Gasteiger partial charge in [0.15, 0.2) is 11.5 Å². The minimum Gasteiger partial charge on any atom is -0.493 e. The Kier molecular flexibility index (Phi) is 6.30. The predicted octanol–water partition coefficient (Wildman–Crippen LogP) is 3.48. The zero-order valence-corrected chi connectivity index (χ0v) is 17.9. The summed E-state index contributed by atoms with van der Waals surface area (Å²) in [6, 6.07) is 3.82. The van der Waals surface area contributed by atoms with Crippen LogP contribution in [0.25, 0.3) is 10.9 Å². The van der Waals surface area contributed by atoms with Gasteiger partial charge in [-0.25, -0.2) is 14.8 Å². The van der Waals surface area contributed by atoms with Gasteiger partial charge in [0, 0.05) is 37.6 Å². The zero-order chi connectivity index (χ0) is 21.0. The lowest BCUT2D eigenvalue weighted by atomic mass is 10.2. The molecule has 0 spiro atoms. The lowest BCUT2D eigenvalue weighted by Crippen LogP contribution is -2.50. The second-order valence-corrected chi connectivity index (χ2v) is 8.02. The molecule has 1 saturated heterocycles. The van der Waals surface area contributed by atoms with Crippen molar-refractivity contribution in [3.63, 3.8) is 0 Å². The average molecular weight is 402 g/mol. The van der Waals surface area contributed by atoms with E-state index in [2.05, 4.69) is 21.8 Å². The molecule has 8 nitrogen and oxygen atoms in total. The van der Waals surface area contributed by atoms with Crippen LogP contribution in [-0.2, 0) is 4.74 Å². The number of hydrogen-bond donors (Lipinski definition) is 0. The molecule has 2 heterocycles. The fraction of sp³-hybridized carbons (Fsp3) is 0.571. The lowest BCUT2D eigenvalue weighted by Gasteiger charge is -2.36. The Morgan fingerprint density at radius 3 is 2.45 bits per heavy atom. The Bertz CT molecular complexity index is 858. The highest BCUT2D eigenvalue weighted by Gasteiger charge is 2.27. The summed E-state index contributed by atoms with van der Waals surface area (Å²) in [6.45, 7) is 10.8. The topological polar surface area (TPSA) is 77.0 Å². The van der Waals surface area contributed by atoms with Gasteiger partial charge in [-0.1, -0.05) is 6.92 Å². The quantitative estimate of drug-likeness (QED) is 0.758. The largest absolute Gasteiger partial charge is 0.493 e. The summed E-state index contributed by atoms with van der Waals surface area (Å²) in [5, 5.41) is 0.902. The highest BCUT2D eigenvalue weighted by molar-refractivity contribution is 5.92. The van der Waals surface area contributed by atoms with Gasteiger partial charge in [0.25, 0.3) is 0 Å². The van der Waals surface area contributed by atoms with Gasteiger partial charge in [0.1, 0.15) is 17.7 Å². The SMILES string of the molecule is CCCOc1cc2ncnc(N3CCN(C(=O)OC(C)(C)C)CC3)c2cc1OC. The fourth-order valence-corrected chi connectivity index (χ4v) is 3.21. The van der Waals surface area contributed by atoms with Gasteiger partial charge in [-0.05, 0) is 33.3 Å². The summed E-state index contributed by atoms with van der Waals surface area (Å²) in [4.78, 5) is 25.1. The van der Waals surface area contributed by atoms with E-state index >= 15 is 0 Å². The van der Waals surface area contributed by atoms with Crippen molar-refractivity contribution < 1.29 is 19.0 Å². The molecule has 1 aliphatic heterocycles. The zero-order valence-electron chi connectivity index (χ0n) is 17.9. The summed E-state index contributed by atoms with van der Waals surface area (Å²) >= 11 is 0. The molecule has 0 bridgehead atoms. The van der Waals surface area contributed by atoms with Crippen molar-refractivity contribution in [1.82, 2.24) is 14.9 Å².